The van der Waals surface area contributed by atoms with E-state index in [-0.39, 0.29) is 24.1 Å². The van der Waals surface area contributed by atoms with Gasteiger partial charge in [0.15, 0.2) is 0 Å². The number of likely N-dealkylation sites (tertiary alicyclic amines) is 1. The van der Waals surface area contributed by atoms with Crippen molar-refractivity contribution in [2.24, 2.45) is 0 Å². The number of carbonyl (C=O) groups excluding carboxylic acids is 2. The van der Waals surface area contributed by atoms with E-state index in [1.807, 2.05) is 0 Å². The quantitative estimate of drug-likeness (QED) is 0.741. The summed E-state index contributed by atoms with van der Waals surface area (Å²) in [4.78, 5) is 24.2. The van der Waals surface area contributed by atoms with Crippen molar-refractivity contribution < 1.29 is 14.0 Å². The SMILES string of the molecule is CN1C(=O)CC(c2ccc(F)c(Br)c2)C1=O. The van der Waals surface area contributed by atoms with Gasteiger partial charge in [-0.05, 0) is 33.6 Å². The molecule has 0 aromatic heterocycles. The molecule has 2 amide bonds. The maximum absolute atomic E-state index is 13.0. The second-order valence-corrected chi connectivity index (χ2v) is 4.58. The third-order valence-corrected chi connectivity index (χ3v) is 3.34. The Kier molecular flexibility index (Phi) is 2.80. The highest BCUT2D eigenvalue weighted by Crippen LogP contribution is 2.30. The van der Waals surface area contributed by atoms with Gasteiger partial charge in [-0.2, -0.15) is 0 Å². The molecular formula is C11H9BrFNO2. The third-order valence-electron chi connectivity index (χ3n) is 2.73. The number of halogens is 2. The number of likely N-dealkylation sites (N-methyl/N-ethyl adjacent to an activating group) is 1. The van der Waals surface area contributed by atoms with Crippen molar-refractivity contribution in [3.8, 4) is 0 Å². The number of carbonyl (C=O) groups is 2. The molecule has 1 aromatic carbocycles. The standard InChI is InChI=1S/C11H9BrFNO2/c1-14-10(15)5-7(11(14)16)6-2-3-9(13)8(12)4-6/h2-4,7H,5H2,1H3. The summed E-state index contributed by atoms with van der Waals surface area (Å²) in [5.41, 5.74) is 0.663. The first kappa shape index (κ1) is 11.3. The van der Waals surface area contributed by atoms with Gasteiger partial charge in [-0.3, -0.25) is 14.5 Å². The van der Waals surface area contributed by atoms with Crippen LogP contribution in [0, 0.1) is 5.82 Å². The topological polar surface area (TPSA) is 37.4 Å². The molecule has 3 nitrogen and oxygen atoms in total. The summed E-state index contributed by atoms with van der Waals surface area (Å²) in [5.74, 6) is -1.29. The summed E-state index contributed by atoms with van der Waals surface area (Å²) in [6.45, 7) is 0. The molecule has 0 bridgehead atoms. The van der Waals surface area contributed by atoms with Crippen molar-refractivity contribution in [2.75, 3.05) is 7.05 Å². The smallest absolute Gasteiger partial charge is 0.236 e. The molecule has 2 rings (SSSR count). The van der Waals surface area contributed by atoms with E-state index >= 15 is 0 Å². The first-order valence-electron chi connectivity index (χ1n) is 4.76. The largest absolute Gasteiger partial charge is 0.285 e. The fourth-order valence-corrected chi connectivity index (χ4v) is 2.14. The fourth-order valence-electron chi connectivity index (χ4n) is 1.75. The molecule has 5 heteroatoms. The van der Waals surface area contributed by atoms with Crippen LogP contribution >= 0.6 is 15.9 Å². The molecule has 0 saturated carbocycles. The van der Waals surface area contributed by atoms with E-state index in [4.69, 9.17) is 0 Å². The highest BCUT2D eigenvalue weighted by atomic mass is 79.9. The van der Waals surface area contributed by atoms with Crippen LogP contribution in [-0.4, -0.2) is 23.8 Å². The minimum Gasteiger partial charge on any atom is -0.285 e. The molecule has 1 unspecified atom stereocenters. The summed E-state index contributed by atoms with van der Waals surface area (Å²) < 4.78 is 13.3. The van der Waals surface area contributed by atoms with Crippen LogP contribution in [0.3, 0.4) is 0 Å². The van der Waals surface area contributed by atoms with Crippen LogP contribution in [0.1, 0.15) is 17.9 Å². The summed E-state index contributed by atoms with van der Waals surface area (Å²) in [6, 6.07) is 4.37. The fraction of sp³-hybridized carbons (Fsp3) is 0.273. The Hall–Kier alpha value is -1.23. The maximum atomic E-state index is 13.0. The van der Waals surface area contributed by atoms with E-state index in [1.165, 1.54) is 19.2 Å². The Morgan fingerprint density at radius 1 is 1.44 bits per heavy atom. The second kappa shape index (κ2) is 3.97. The molecule has 1 saturated heterocycles. The zero-order valence-electron chi connectivity index (χ0n) is 8.54. The zero-order chi connectivity index (χ0) is 11.9. The number of benzene rings is 1. The monoisotopic (exact) mass is 285 g/mol. The number of hydrogen-bond donors (Lipinski definition) is 0. The Labute approximate surface area is 100 Å². The van der Waals surface area contributed by atoms with Crippen LogP contribution in [-0.2, 0) is 9.59 Å². The minimum atomic E-state index is -0.477. The highest BCUT2D eigenvalue weighted by Gasteiger charge is 2.37. The average Bonchev–Trinajstić information content (AvgIpc) is 2.50. The van der Waals surface area contributed by atoms with E-state index in [9.17, 15) is 14.0 Å². The average molecular weight is 286 g/mol. The maximum Gasteiger partial charge on any atom is 0.236 e. The lowest BCUT2D eigenvalue weighted by Gasteiger charge is -2.09. The van der Waals surface area contributed by atoms with Gasteiger partial charge in [0.1, 0.15) is 5.82 Å². The molecule has 1 aliphatic rings. The molecule has 1 fully saturated rings. The van der Waals surface area contributed by atoms with E-state index < -0.39 is 5.92 Å². The second-order valence-electron chi connectivity index (χ2n) is 3.72. The lowest BCUT2D eigenvalue weighted by Crippen LogP contribution is -2.25. The Bertz CT molecular complexity index is 475. The van der Waals surface area contributed by atoms with Crippen molar-refractivity contribution in [1.29, 1.82) is 0 Å². The zero-order valence-corrected chi connectivity index (χ0v) is 10.1. The normalized spacial score (nSPS) is 20.7. The van der Waals surface area contributed by atoms with E-state index in [0.29, 0.717) is 10.0 Å². The van der Waals surface area contributed by atoms with Crippen LogP contribution in [0.5, 0.6) is 0 Å². The lowest BCUT2D eigenvalue weighted by atomic mass is 9.98. The molecule has 1 atom stereocenters. The van der Waals surface area contributed by atoms with Gasteiger partial charge in [-0.1, -0.05) is 6.07 Å². The number of hydrogen-bond acceptors (Lipinski definition) is 2. The molecular weight excluding hydrogens is 277 g/mol. The van der Waals surface area contributed by atoms with Gasteiger partial charge in [0.25, 0.3) is 0 Å². The Balaban J connectivity index is 2.35. The van der Waals surface area contributed by atoms with Crippen molar-refractivity contribution in [3.63, 3.8) is 0 Å². The molecule has 16 heavy (non-hydrogen) atoms. The van der Waals surface area contributed by atoms with Gasteiger partial charge in [0.2, 0.25) is 11.8 Å². The van der Waals surface area contributed by atoms with Crippen molar-refractivity contribution in [1.82, 2.24) is 4.90 Å². The predicted octanol–water partition coefficient (Wildman–Crippen LogP) is 2.06. The minimum absolute atomic E-state index is 0.160. The number of nitrogens with zero attached hydrogens (tertiary/aromatic N) is 1. The van der Waals surface area contributed by atoms with E-state index in [1.54, 1.807) is 6.07 Å². The Morgan fingerprint density at radius 3 is 2.62 bits per heavy atom. The summed E-state index contributed by atoms with van der Waals surface area (Å²) in [7, 11) is 1.46. The molecule has 0 aliphatic carbocycles. The van der Waals surface area contributed by atoms with Crippen LogP contribution in [0.25, 0.3) is 0 Å². The van der Waals surface area contributed by atoms with Gasteiger partial charge in [0, 0.05) is 13.5 Å². The highest BCUT2D eigenvalue weighted by molar-refractivity contribution is 9.10. The van der Waals surface area contributed by atoms with Gasteiger partial charge >= 0.3 is 0 Å². The van der Waals surface area contributed by atoms with Gasteiger partial charge in [-0.15, -0.1) is 0 Å². The molecule has 1 aromatic rings. The summed E-state index contributed by atoms with van der Waals surface area (Å²) >= 11 is 3.06. The van der Waals surface area contributed by atoms with Crippen molar-refractivity contribution in [2.45, 2.75) is 12.3 Å². The molecule has 84 valence electrons. The van der Waals surface area contributed by atoms with Crippen LogP contribution in [0.15, 0.2) is 22.7 Å². The predicted molar refractivity (Wildman–Crippen MR) is 59.2 cm³/mol. The number of imide groups is 1. The number of amides is 2. The van der Waals surface area contributed by atoms with Gasteiger partial charge in [0.05, 0.1) is 10.4 Å². The number of rotatable bonds is 1. The van der Waals surface area contributed by atoms with Gasteiger partial charge < -0.3 is 0 Å². The van der Waals surface area contributed by atoms with E-state index in [2.05, 4.69) is 15.9 Å². The molecule has 1 aliphatic heterocycles. The first-order chi connectivity index (χ1) is 7.50. The van der Waals surface area contributed by atoms with Crippen LogP contribution in [0.2, 0.25) is 0 Å². The van der Waals surface area contributed by atoms with Crippen LogP contribution < -0.4 is 0 Å². The summed E-state index contributed by atoms with van der Waals surface area (Å²) in [6.07, 6.45) is 0.160. The van der Waals surface area contributed by atoms with E-state index in [0.717, 1.165) is 4.90 Å². The van der Waals surface area contributed by atoms with Crippen molar-refractivity contribution in [3.05, 3.63) is 34.1 Å². The van der Waals surface area contributed by atoms with Gasteiger partial charge in [-0.25, -0.2) is 4.39 Å². The third kappa shape index (κ3) is 1.75. The first-order valence-corrected chi connectivity index (χ1v) is 5.55. The molecule has 0 spiro atoms. The van der Waals surface area contributed by atoms with Crippen molar-refractivity contribution >= 4 is 27.7 Å². The lowest BCUT2D eigenvalue weighted by molar-refractivity contribution is -0.137. The van der Waals surface area contributed by atoms with Crippen LogP contribution in [0.4, 0.5) is 4.39 Å². The molecule has 0 N–H and O–H groups in total. The summed E-state index contributed by atoms with van der Waals surface area (Å²) in [5, 5.41) is 0. The Morgan fingerprint density at radius 2 is 2.12 bits per heavy atom. The molecule has 1 heterocycles. The molecule has 0 radical (unpaired) electrons.